The summed E-state index contributed by atoms with van der Waals surface area (Å²) in [6, 6.07) is 0. The lowest BCUT2D eigenvalue weighted by molar-refractivity contribution is -0.142. The van der Waals surface area contributed by atoms with Gasteiger partial charge in [0.25, 0.3) is 0 Å². The number of hydrogen-bond donors (Lipinski definition) is 2. The van der Waals surface area contributed by atoms with E-state index in [2.05, 4.69) is 20.8 Å². The van der Waals surface area contributed by atoms with Crippen LogP contribution < -0.4 is 5.73 Å². The van der Waals surface area contributed by atoms with Gasteiger partial charge in [0.05, 0.1) is 12.0 Å². The summed E-state index contributed by atoms with van der Waals surface area (Å²) in [5.74, 6) is -0.399. The lowest BCUT2D eigenvalue weighted by Gasteiger charge is -2.45. The summed E-state index contributed by atoms with van der Waals surface area (Å²) in [5, 5.41) is 9.64. The van der Waals surface area contributed by atoms with Gasteiger partial charge in [0.15, 0.2) is 0 Å². The van der Waals surface area contributed by atoms with Gasteiger partial charge in [-0.1, -0.05) is 48.0 Å². The molecular formula is C13H27NO2. The van der Waals surface area contributed by atoms with E-state index in [0.717, 1.165) is 6.42 Å². The first-order valence-corrected chi connectivity index (χ1v) is 5.93. The summed E-state index contributed by atoms with van der Waals surface area (Å²) in [5.41, 5.74) is 4.36. The molecule has 1 atom stereocenters. The van der Waals surface area contributed by atoms with Crippen molar-refractivity contribution in [2.75, 3.05) is 6.61 Å². The van der Waals surface area contributed by atoms with Crippen LogP contribution >= 0.6 is 0 Å². The largest absolute Gasteiger partial charge is 0.395 e. The maximum atomic E-state index is 11.8. The fourth-order valence-electron chi connectivity index (χ4n) is 2.03. The van der Waals surface area contributed by atoms with Crippen molar-refractivity contribution in [2.45, 2.75) is 54.4 Å². The van der Waals surface area contributed by atoms with Crippen molar-refractivity contribution in [3.63, 3.8) is 0 Å². The molecule has 0 aromatic heterocycles. The second-order valence-electron chi connectivity index (χ2n) is 6.55. The monoisotopic (exact) mass is 229 g/mol. The number of hydrogen-bond acceptors (Lipinski definition) is 2. The molecule has 0 rings (SSSR count). The van der Waals surface area contributed by atoms with E-state index in [0.29, 0.717) is 6.42 Å². The highest BCUT2D eigenvalue weighted by atomic mass is 16.3. The number of nitrogens with two attached hydrogens (primary N) is 1. The van der Waals surface area contributed by atoms with E-state index >= 15 is 0 Å². The van der Waals surface area contributed by atoms with Crippen molar-refractivity contribution in [2.24, 2.45) is 22.0 Å². The van der Waals surface area contributed by atoms with Gasteiger partial charge in [-0.2, -0.15) is 0 Å². The Labute approximate surface area is 99.4 Å². The highest BCUT2D eigenvalue weighted by molar-refractivity contribution is 5.82. The van der Waals surface area contributed by atoms with Crippen LogP contribution in [0.4, 0.5) is 0 Å². The molecule has 96 valence electrons. The minimum Gasteiger partial charge on any atom is -0.395 e. The van der Waals surface area contributed by atoms with E-state index in [4.69, 9.17) is 5.73 Å². The van der Waals surface area contributed by atoms with Gasteiger partial charge in [-0.05, 0) is 17.3 Å². The first-order chi connectivity index (χ1) is 7.02. The van der Waals surface area contributed by atoms with E-state index in [1.165, 1.54) is 0 Å². The molecule has 0 saturated carbocycles. The number of carbonyl (C=O) groups excluding carboxylic acids is 1. The van der Waals surface area contributed by atoms with Crippen molar-refractivity contribution in [1.82, 2.24) is 0 Å². The lowest BCUT2D eigenvalue weighted by Crippen LogP contribution is -2.52. The SMILES string of the molecule is CCC(C)(C)CC(CO)(C(N)=O)C(C)(C)C. The number of aliphatic hydroxyl groups is 1. The Balaban J connectivity index is 5.33. The number of carbonyl (C=O) groups is 1. The van der Waals surface area contributed by atoms with Gasteiger partial charge in [0, 0.05) is 0 Å². The van der Waals surface area contributed by atoms with Crippen LogP contribution in [0.25, 0.3) is 0 Å². The van der Waals surface area contributed by atoms with Crippen molar-refractivity contribution in [3.8, 4) is 0 Å². The fourth-order valence-corrected chi connectivity index (χ4v) is 2.03. The minimum absolute atomic E-state index is 0.00500. The van der Waals surface area contributed by atoms with Crippen molar-refractivity contribution >= 4 is 5.91 Å². The zero-order valence-corrected chi connectivity index (χ0v) is 11.6. The first-order valence-electron chi connectivity index (χ1n) is 5.93. The van der Waals surface area contributed by atoms with E-state index < -0.39 is 11.3 Å². The molecule has 3 N–H and O–H groups in total. The Morgan fingerprint density at radius 1 is 1.19 bits per heavy atom. The number of amides is 1. The van der Waals surface area contributed by atoms with Crippen LogP contribution in [-0.2, 0) is 4.79 Å². The Kier molecular flexibility index (Phi) is 4.57. The lowest BCUT2D eigenvalue weighted by atomic mass is 9.59. The van der Waals surface area contributed by atoms with E-state index in [9.17, 15) is 9.90 Å². The molecule has 16 heavy (non-hydrogen) atoms. The molecule has 1 amide bonds. The molecule has 0 aliphatic rings. The topological polar surface area (TPSA) is 63.3 Å². The van der Waals surface area contributed by atoms with E-state index in [-0.39, 0.29) is 17.4 Å². The average molecular weight is 229 g/mol. The normalized spacial score (nSPS) is 16.9. The Bertz CT molecular complexity index is 253. The first kappa shape index (κ1) is 15.4. The molecule has 0 spiro atoms. The van der Waals surface area contributed by atoms with E-state index in [1.54, 1.807) is 0 Å². The van der Waals surface area contributed by atoms with Gasteiger partial charge in [-0.15, -0.1) is 0 Å². The second kappa shape index (κ2) is 4.74. The van der Waals surface area contributed by atoms with Gasteiger partial charge in [-0.25, -0.2) is 0 Å². The van der Waals surface area contributed by atoms with Crippen LogP contribution in [-0.4, -0.2) is 17.6 Å². The molecule has 1 unspecified atom stereocenters. The highest BCUT2D eigenvalue weighted by Crippen LogP contribution is 2.47. The molecule has 3 nitrogen and oxygen atoms in total. The van der Waals surface area contributed by atoms with Crippen LogP contribution in [0.3, 0.4) is 0 Å². The van der Waals surface area contributed by atoms with Gasteiger partial charge in [0.1, 0.15) is 0 Å². The minimum atomic E-state index is -0.841. The number of rotatable bonds is 5. The Morgan fingerprint density at radius 2 is 1.62 bits per heavy atom. The maximum absolute atomic E-state index is 11.8. The number of aliphatic hydroxyl groups excluding tert-OH is 1. The summed E-state index contributed by atoms with van der Waals surface area (Å²) in [6.07, 6.45) is 1.57. The zero-order chi connectivity index (χ0) is 13.2. The smallest absolute Gasteiger partial charge is 0.226 e. The van der Waals surface area contributed by atoms with Crippen LogP contribution in [0.5, 0.6) is 0 Å². The molecule has 0 saturated heterocycles. The Morgan fingerprint density at radius 3 is 1.81 bits per heavy atom. The van der Waals surface area contributed by atoms with Gasteiger partial charge in [0.2, 0.25) is 5.91 Å². The summed E-state index contributed by atoms with van der Waals surface area (Å²) < 4.78 is 0. The predicted molar refractivity (Wildman–Crippen MR) is 66.9 cm³/mol. The third-order valence-electron chi connectivity index (χ3n) is 3.91. The second-order valence-corrected chi connectivity index (χ2v) is 6.55. The average Bonchev–Trinajstić information content (AvgIpc) is 2.11. The molecule has 0 radical (unpaired) electrons. The molecule has 0 bridgehead atoms. The summed E-state index contributed by atoms with van der Waals surface area (Å²) >= 11 is 0. The molecule has 0 aliphatic heterocycles. The molecule has 3 heteroatoms. The molecular weight excluding hydrogens is 202 g/mol. The summed E-state index contributed by atoms with van der Waals surface area (Å²) in [7, 11) is 0. The highest BCUT2D eigenvalue weighted by Gasteiger charge is 2.49. The fraction of sp³-hybridized carbons (Fsp3) is 0.923. The van der Waals surface area contributed by atoms with Crippen LogP contribution in [0.2, 0.25) is 0 Å². The molecule has 0 aromatic rings. The molecule has 0 aromatic carbocycles. The van der Waals surface area contributed by atoms with Crippen LogP contribution in [0.1, 0.15) is 54.4 Å². The summed E-state index contributed by atoms with van der Waals surface area (Å²) in [4.78, 5) is 11.8. The zero-order valence-electron chi connectivity index (χ0n) is 11.6. The molecule has 0 fully saturated rings. The van der Waals surface area contributed by atoms with Crippen molar-refractivity contribution in [1.29, 1.82) is 0 Å². The van der Waals surface area contributed by atoms with Gasteiger partial charge >= 0.3 is 0 Å². The predicted octanol–water partition coefficient (Wildman–Crippen LogP) is 2.32. The van der Waals surface area contributed by atoms with Crippen molar-refractivity contribution in [3.05, 3.63) is 0 Å². The third kappa shape index (κ3) is 2.97. The quantitative estimate of drug-likeness (QED) is 0.760. The number of primary amides is 1. The van der Waals surface area contributed by atoms with Gasteiger partial charge in [-0.3, -0.25) is 4.79 Å². The van der Waals surface area contributed by atoms with Crippen molar-refractivity contribution < 1.29 is 9.90 Å². The van der Waals surface area contributed by atoms with Crippen LogP contribution in [0.15, 0.2) is 0 Å². The summed E-state index contributed by atoms with van der Waals surface area (Å²) in [6.45, 7) is 12.0. The maximum Gasteiger partial charge on any atom is 0.226 e. The molecule has 0 aliphatic carbocycles. The van der Waals surface area contributed by atoms with Gasteiger partial charge < -0.3 is 10.8 Å². The third-order valence-corrected chi connectivity index (χ3v) is 3.91. The Hall–Kier alpha value is -0.570. The standard InChI is InChI=1S/C13H27NO2/c1-7-12(5,6)8-13(9-15,10(14)16)11(2,3)4/h15H,7-9H2,1-6H3,(H2,14,16). The van der Waals surface area contributed by atoms with Crippen LogP contribution in [0, 0.1) is 16.2 Å². The van der Waals surface area contributed by atoms with E-state index in [1.807, 2.05) is 20.8 Å². The molecule has 0 heterocycles.